The van der Waals surface area contributed by atoms with Gasteiger partial charge in [-0.3, -0.25) is 9.79 Å². The van der Waals surface area contributed by atoms with Gasteiger partial charge in [0.15, 0.2) is 0 Å². The molecule has 2 aliphatic rings. The van der Waals surface area contributed by atoms with Crippen LogP contribution in [0, 0.1) is 0 Å². The summed E-state index contributed by atoms with van der Waals surface area (Å²) < 4.78 is 10.8. The second-order valence-electron chi connectivity index (χ2n) is 6.47. The molecule has 1 aromatic carbocycles. The first-order valence-corrected chi connectivity index (χ1v) is 9.72. The summed E-state index contributed by atoms with van der Waals surface area (Å²) in [5, 5.41) is 3.98. The lowest BCUT2D eigenvalue weighted by molar-refractivity contribution is 0.102. The number of amides is 1. The maximum absolute atomic E-state index is 12.5. The molecular weight excluding hydrogens is 364 g/mol. The second-order valence-corrected chi connectivity index (χ2v) is 7.76. The van der Waals surface area contributed by atoms with Crippen molar-refractivity contribution in [3.05, 3.63) is 41.9 Å². The Morgan fingerprint density at radius 1 is 1.30 bits per heavy atom. The van der Waals surface area contributed by atoms with Crippen molar-refractivity contribution in [2.24, 2.45) is 4.99 Å². The topological polar surface area (TPSA) is 85.7 Å². The van der Waals surface area contributed by atoms with E-state index in [9.17, 15) is 4.79 Å². The minimum atomic E-state index is -0.324. The Hall–Kier alpha value is -2.61. The number of fused-ring (bicyclic) bond motifs is 2. The summed E-state index contributed by atoms with van der Waals surface area (Å²) in [7, 11) is 1.50. The minimum Gasteiger partial charge on any atom is -0.493 e. The molecule has 2 aliphatic heterocycles. The third kappa shape index (κ3) is 3.49. The van der Waals surface area contributed by atoms with Gasteiger partial charge in [0.1, 0.15) is 11.4 Å². The highest BCUT2D eigenvalue weighted by atomic mass is 32.2. The van der Waals surface area contributed by atoms with Gasteiger partial charge in [-0.05, 0) is 31.5 Å². The van der Waals surface area contributed by atoms with Crippen molar-refractivity contribution >= 4 is 28.4 Å². The maximum atomic E-state index is 12.5. The molecule has 0 saturated carbocycles. The van der Waals surface area contributed by atoms with E-state index in [0.717, 1.165) is 35.0 Å². The van der Waals surface area contributed by atoms with Crippen LogP contribution in [0.25, 0.3) is 0 Å². The van der Waals surface area contributed by atoms with Gasteiger partial charge in [-0.1, -0.05) is 0 Å². The van der Waals surface area contributed by atoms with Crippen LogP contribution in [0.3, 0.4) is 0 Å². The summed E-state index contributed by atoms with van der Waals surface area (Å²) in [5.74, 6) is 1.91. The summed E-state index contributed by atoms with van der Waals surface area (Å²) in [6.45, 7) is 2.70. The van der Waals surface area contributed by atoms with Gasteiger partial charge >= 0.3 is 0 Å². The lowest BCUT2D eigenvalue weighted by atomic mass is 9.82. The summed E-state index contributed by atoms with van der Waals surface area (Å²) >= 11 is 1.79. The fourth-order valence-electron chi connectivity index (χ4n) is 3.43. The van der Waals surface area contributed by atoms with Crippen molar-refractivity contribution in [2.45, 2.75) is 25.3 Å². The van der Waals surface area contributed by atoms with E-state index in [4.69, 9.17) is 14.5 Å². The van der Waals surface area contributed by atoms with Crippen LogP contribution in [0.1, 0.15) is 35.8 Å². The molecule has 1 unspecified atom stereocenters. The highest BCUT2D eigenvalue weighted by Gasteiger charge is 2.39. The standard InChI is InChI=1S/C19H20N4O3S/c1-12-23-19(6-8-27-12)5-7-26-16-4-3-13(9-14(16)19)22-18(24)15-10-21-17(25-2)11-20-15/h3-4,9-11H,5-8H2,1-2H3,(H,22,24). The van der Waals surface area contributed by atoms with Crippen LogP contribution in [0.2, 0.25) is 0 Å². The Labute approximate surface area is 161 Å². The SMILES string of the molecule is COc1cnc(C(=O)Nc2ccc3c(c2)C2(CCO3)CCSC(C)=N2)cn1. The molecule has 3 heterocycles. The fourth-order valence-corrected chi connectivity index (χ4v) is 4.40. The number of benzene rings is 1. The third-order valence-corrected chi connectivity index (χ3v) is 5.70. The van der Waals surface area contributed by atoms with Crippen molar-refractivity contribution < 1.29 is 14.3 Å². The van der Waals surface area contributed by atoms with E-state index in [2.05, 4.69) is 22.2 Å². The molecule has 1 spiro atoms. The molecule has 1 atom stereocenters. The molecule has 7 nitrogen and oxygen atoms in total. The van der Waals surface area contributed by atoms with Gasteiger partial charge in [-0.2, -0.15) is 0 Å². The molecule has 1 aromatic heterocycles. The molecule has 0 radical (unpaired) electrons. The highest BCUT2D eigenvalue weighted by Crippen LogP contribution is 2.46. The fraction of sp³-hybridized carbons (Fsp3) is 0.368. The molecule has 8 heteroatoms. The van der Waals surface area contributed by atoms with E-state index in [1.54, 1.807) is 11.8 Å². The number of nitrogens with one attached hydrogen (secondary N) is 1. The molecule has 0 saturated heterocycles. The zero-order valence-corrected chi connectivity index (χ0v) is 16.0. The van der Waals surface area contributed by atoms with Crippen LogP contribution in [0.5, 0.6) is 11.6 Å². The molecule has 0 bridgehead atoms. The molecule has 0 aliphatic carbocycles. The van der Waals surface area contributed by atoms with Gasteiger partial charge < -0.3 is 14.8 Å². The quantitative estimate of drug-likeness (QED) is 0.874. The number of anilines is 1. The predicted octanol–water partition coefficient (Wildman–Crippen LogP) is 3.27. The number of ether oxygens (including phenoxy) is 2. The third-order valence-electron chi connectivity index (χ3n) is 4.78. The molecule has 140 valence electrons. The number of hydrogen-bond acceptors (Lipinski definition) is 7. The van der Waals surface area contributed by atoms with Crippen molar-refractivity contribution in [3.8, 4) is 11.6 Å². The van der Waals surface area contributed by atoms with Crippen LogP contribution in [-0.4, -0.2) is 40.4 Å². The molecule has 0 fully saturated rings. The lowest BCUT2D eigenvalue weighted by Gasteiger charge is -2.38. The summed E-state index contributed by atoms with van der Waals surface area (Å²) in [4.78, 5) is 25.5. The number of aromatic nitrogens is 2. The maximum Gasteiger partial charge on any atom is 0.275 e. The lowest BCUT2D eigenvalue weighted by Crippen LogP contribution is -2.34. The number of hydrogen-bond donors (Lipinski definition) is 1. The minimum absolute atomic E-state index is 0.224. The first-order chi connectivity index (χ1) is 13.1. The first kappa shape index (κ1) is 17.8. The van der Waals surface area contributed by atoms with Crippen molar-refractivity contribution in [2.75, 3.05) is 24.8 Å². The number of rotatable bonds is 3. The molecule has 1 amide bonds. The Bertz CT molecular complexity index is 900. The Balaban J connectivity index is 1.62. The molecule has 1 N–H and O–H groups in total. The van der Waals surface area contributed by atoms with Gasteiger partial charge in [0.25, 0.3) is 5.91 Å². The van der Waals surface area contributed by atoms with Crippen LogP contribution in [0.15, 0.2) is 35.6 Å². The molecular formula is C19H20N4O3S. The average molecular weight is 384 g/mol. The Morgan fingerprint density at radius 3 is 2.93 bits per heavy atom. The predicted molar refractivity (Wildman–Crippen MR) is 105 cm³/mol. The summed E-state index contributed by atoms with van der Waals surface area (Å²) in [6, 6.07) is 5.70. The van der Waals surface area contributed by atoms with Gasteiger partial charge in [-0.15, -0.1) is 11.8 Å². The normalized spacial score (nSPS) is 21.0. The van der Waals surface area contributed by atoms with E-state index < -0.39 is 0 Å². The van der Waals surface area contributed by atoms with E-state index >= 15 is 0 Å². The first-order valence-electron chi connectivity index (χ1n) is 8.74. The van der Waals surface area contributed by atoms with Crippen LogP contribution < -0.4 is 14.8 Å². The van der Waals surface area contributed by atoms with Crippen LogP contribution in [0.4, 0.5) is 5.69 Å². The van der Waals surface area contributed by atoms with Crippen LogP contribution >= 0.6 is 11.8 Å². The summed E-state index contributed by atoms with van der Waals surface area (Å²) in [5.41, 5.74) is 1.69. The van der Waals surface area contributed by atoms with Crippen LogP contribution in [-0.2, 0) is 5.54 Å². The summed E-state index contributed by atoms with van der Waals surface area (Å²) in [6.07, 6.45) is 4.62. The number of thioether (sulfide) groups is 1. The smallest absolute Gasteiger partial charge is 0.275 e. The van der Waals surface area contributed by atoms with Gasteiger partial charge in [0.05, 0.1) is 36.7 Å². The average Bonchev–Trinajstić information content (AvgIpc) is 2.69. The number of carbonyl (C=O) groups is 1. The highest BCUT2D eigenvalue weighted by molar-refractivity contribution is 8.13. The van der Waals surface area contributed by atoms with Gasteiger partial charge in [-0.25, -0.2) is 9.97 Å². The molecule has 4 rings (SSSR count). The van der Waals surface area contributed by atoms with Crippen molar-refractivity contribution in [3.63, 3.8) is 0 Å². The Morgan fingerprint density at radius 2 is 2.19 bits per heavy atom. The monoisotopic (exact) mass is 384 g/mol. The van der Waals surface area contributed by atoms with Crippen molar-refractivity contribution in [1.82, 2.24) is 9.97 Å². The number of aliphatic imine (C=N–C) groups is 1. The number of carbonyl (C=O) groups excluding carboxylic acids is 1. The second kappa shape index (κ2) is 7.19. The molecule has 27 heavy (non-hydrogen) atoms. The van der Waals surface area contributed by atoms with E-state index in [-0.39, 0.29) is 17.1 Å². The zero-order valence-electron chi connectivity index (χ0n) is 15.2. The van der Waals surface area contributed by atoms with E-state index in [1.807, 2.05) is 18.2 Å². The number of methoxy groups -OCH3 is 1. The molecule has 2 aromatic rings. The Kier molecular flexibility index (Phi) is 4.73. The van der Waals surface area contributed by atoms with Crippen molar-refractivity contribution in [1.29, 1.82) is 0 Å². The zero-order chi connectivity index (χ0) is 18.9. The van der Waals surface area contributed by atoms with Gasteiger partial charge in [0.2, 0.25) is 5.88 Å². The van der Waals surface area contributed by atoms with E-state index in [0.29, 0.717) is 18.2 Å². The van der Waals surface area contributed by atoms with E-state index in [1.165, 1.54) is 19.5 Å². The number of nitrogens with zero attached hydrogens (tertiary/aromatic N) is 3. The van der Waals surface area contributed by atoms with Gasteiger partial charge in [0, 0.05) is 23.4 Å². The largest absolute Gasteiger partial charge is 0.493 e.